The quantitative estimate of drug-likeness (QED) is 0.764. The number of aryl methyl sites for hydroxylation is 1. The number of piperidine rings is 1. The van der Waals surface area contributed by atoms with Crippen LogP contribution in [0.2, 0.25) is 0 Å². The summed E-state index contributed by atoms with van der Waals surface area (Å²) in [6.45, 7) is 2.69. The van der Waals surface area contributed by atoms with Crippen molar-refractivity contribution in [2.45, 2.75) is 24.8 Å². The molecule has 21 heavy (non-hydrogen) atoms. The van der Waals surface area contributed by atoms with E-state index in [9.17, 15) is 16.8 Å². The highest BCUT2D eigenvalue weighted by atomic mass is 32.2. The summed E-state index contributed by atoms with van der Waals surface area (Å²) in [5, 5.41) is 0.0803. The van der Waals surface area contributed by atoms with Gasteiger partial charge in [-0.2, -0.15) is 4.31 Å². The smallest absolute Gasteiger partial charge is 0.260 e. The number of hydrogen-bond donors (Lipinski definition) is 2. The van der Waals surface area contributed by atoms with Crippen LogP contribution in [-0.4, -0.2) is 57.0 Å². The topological polar surface area (TPSA) is 112 Å². The molecule has 1 aliphatic heterocycles. The molecule has 8 nitrogen and oxygen atoms in total. The number of sulfonamides is 2. The zero-order valence-electron chi connectivity index (χ0n) is 12.0. The lowest BCUT2D eigenvalue weighted by Gasteiger charge is -2.31. The van der Waals surface area contributed by atoms with E-state index in [-0.39, 0.29) is 17.5 Å². The van der Waals surface area contributed by atoms with Crippen LogP contribution in [0.5, 0.6) is 0 Å². The predicted molar refractivity (Wildman–Crippen MR) is 77.7 cm³/mol. The Kier molecular flexibility index (Phi) is 4.71. The van der Waals surface area contributed by atoms with E-state index in [0.29, 0.717) is 25.3 Å². The lowest BCUT2D eigenvalue weighted by molar-refractivity contribution is 0.267. The maximum Gasteiger partial charge on any atom is 0.260 e. The molecule has 10 heteroatoms. The summed E-state index contributed by atoms with van der Waals surface area (Å²) >= 11 is 0. The van der Waals surface area contributed by atoms with Crippen LogP contribution in [0.25, 0.3) is 0 Å². The number of imidazole rings is 1. The van der Waals surface area contributed by atoms with Gasteiger partial charge in [-0.1, -0.05) is 0 Å². The molecule has 0 aliphatic carbocycles. The molecule has 0 bridgehead atoms. The fourth-order valence-corrected chi connectivity index (χ4v) is 4.41. The van der Waals surface area contributed by atoms with E-state index < -0.39 is 20.0 Å². The van der Waals surface area contributed by atoms with Gasteiger partial charge in [0.1, 0.15) is 5.82 Å². The molecule has 1 fully saturated rings. The molecule has 0 spiro atoms. The van der Waals surface area contributed by atoms with E-state index >= 15 is 0 Å². The van der Waals surface area contributed by atoms with Crippen molar-refractivity contribution in [3.05, 3.63) is 12.0 Å². The molecule has 1 aromatic heterocycles. The molecule has 2 N–H and O–H groups in total. The molecule has 0 aromatic carbocycles. The highest BCUT2D eigenvalue weighted by Gasteiger charge is 2.31. The Bertz CT molecular complexity index is 696. The third-order valence-corrected chi connectivity index (χ3v) is 5.88. The predicted octanol–water partition coefficient (Wildman–Crippen LogP) is -0.332. The van der Waals surface area contributed by atoms with E-state index in [4.69, 9.17) is 0 Å². The van der Waals surface area contributed by atoms with Crippen molar-refractivity contribution in [2.24, 2.45) is 5.92 Å². The van der Waals surface area contributed by atoms with Crippen molar-refractivity contribution < 1.29 is 16.8 Å². The van der Waals surface area contributed by atoms with Crippen LogP contribution in [0.3, 0.4) is 0 Å². The fourth-order valence-electron chi connectivity index (χ4n) is 2.35. The highest BCUT2D eigenvalue weighted by molar-refractivity contribution is 7.89. The highest BCUT2D eigenvalue weighted by Crippen LogP contribution is 2.22. The summed E-state index contributed by atoms with van der Waals surface area (Å²) < 4.78 is 51.0. The minimum Gasteiger partial charge on any atom is -0.332 e. The van der Waals surface area contributed by atoms with E-state index in [1.807, 2.05) is 0 Å². The maximum absolute atomic E-state index is 12.5. The van der Waals surface area contributed by atoms with Gasteiger partial charge in [0.2, 0.25) is 10.0 Å². The number of aromatic amines is 1. The van der Waals surface area contributed by atoms with Crippen molar-refractivity contribution in [3.8, 4) is 0 Å². The van der Waals surface area contributed by atoms with Gasteiger partial charge in [-0.05, 0) is 25.7 Å². The summed E-state index contributed by atoms with van der Waals surface area (Å²) in [5.74, 6) is 0.521. The lowest BCUT2D eigenvalue weighted by atomic mass is 10.0. The lowest BCUT2D eigenvalue weighted by Crippen LogP contribution is -2.43. The first-order valence-electron chi connectivity index (χ1n) is 6.65. The number of nitrogens with zero attached hydrogens (tertiary/aromatic N) is 2. The van der Waals surface area contributed by atoms with Crippen LogP contribution in [0.15, 0.2) is 11.2 Å². The maximum atomic E-state index is 12.5. The van der Waals surface area contributed by atoms with Crippen molar-refractivity contribution in [1.82, 2.24) is 19.0 Å². The molecule has 1 aromatic rings. The second kappa shape index (κ2) is 6.03. The van der Waals surface area contributed by atoms with E-state index in [1.165, 1.54) is 10.5 Å². The molecule has 1 saturated heterocycles. The van der Waals surface area contributed by atoms with E-state index in [2.05, 4.69) is 14.7 Å². The van der Waals surface area contributed by atoms with Gasteiger partial charge < -0.3 is 4.98 Å². The van der Waals surface area contributed by atoms with Gasteiger partial charge in [-0.25, -0.2) is 26.5 Å². The largest absolute Gasteiger partial charge is 0.332 e. The summed E-state index contributed by atoms with van der Waals surface area (Å²) in [6, 6.07) is 0. The Morgan fingerprint density at radius 3 is 2.71 bits per heavy atom. The zero-order chi connectivity index (χ0) is 15.7. The normalized spacial score (nSPS) is 21.5. The Labute approximate surface area is 125 Å². The number of H-pyrrole nitrogens is 1. The molecule has 1 atom stereocenters. The van der Waals surface area contributed by atoms with Gasteiger partial charge in [0.15, 0.2) is 5.03 Å². The van der Waals surface area contributed by atoms with E-state index in [0.717, 1.165) is 12.7 Å². The second-order valence-corrected chi connectivity index (χ2v) is 9.06. The number of aromatic nitrogens is 2. The minimum absolute atomic E-state index is 0.0210. The number of hydrogen-bond acceptors (Lipinski definition) is 5. The fraction of sp³-hybridized carbons (Fsp3) is 0.727. The molecule has 2 heterocycles. The molecule has 0 amide bonds. The number of nitrogens with one attached hydrogen (secondary N) is 2. The average molecular weight is 336 g/mol. The summed E-state index contributed by atoms with van der Waals surface area (Å²) in [5.41, 5.74) is 0. The minimum atomic E-state index is -3.59. The van der Waals surface area contributed by atoms with Crippen LogP contribution >= 0.6 is 0 Å². The molecular formula is C11H20N4O4S2. The first kappa shape index (κ1) is 16.4. The van der Waals surface area contributed by atoms with Crippen LogP contribution in [0.4, 0.5) is 0 Å². The van der Waals surface area contributed by atoms with Crippen molar-refractivity contribution in [3.63, 3.8) is 0 Å². The van der Waals surface area contributed by atoms with Crippen LogP contribution in [-0.2, 0) is 20.0 Å². The van der Waals surface area contributed by atoms with Crippen LogP contribution < -0.4 is 4.72 Å². The zero-order valence-corrected chi connectivity index (χ0v) is 13.7. The van der Waals surface area contributed by atoms with Crippen LogP contribution in [0, 0.1) is 12.8 Å². The van der Waals surface area contributed by atoms with Gasteiger partial charge in [0.05, 0.1) is 12.5 Å². The molecule has 2 rings (SSSR count). The third-order valence-electron chi connectivity index (χ3n) is 3.41. The average Bonchev–Trinajstić information content (AvgIpc) is 2.83. The summed E-state index contributed by atoms with van der Waals surface area (Å²) in [4.78, 5) is 6.64. The van der Waals surface area contributed by atoms with Crippen molar-refractivity contribution >= 4 is 20.0 Å². The van der Waals surface area contributed by atoms with Gasteiger partial charge >= 0.3 is 0 Å². The first-order valence-corrected chi connectivity index (χ1v) is 9.98. The molecule has 1 aliphatic rings. The molecule has 120 valence electrons. The second-order valence-electron chi connectivity index (χ2n) is 5.32. The SMILES string of the molecule is Cc1ncc(S(=O)(=O)N2CCCC(CNS(C)(=O)=O)C2)[nH]1. The van der Waals surface area contributed by atoms with E-state index in [1.54, 1.807) is 6.92 Å². The molecule has 0 radical (unpaired) electrons. The summed E-state index contributed by atoms with van der Waals surface area (Å²) in [6.07, 6.45) is 3.92. The standard InChI is InChI=1S/C11H20N4O4S2/c1-9-12-7-11(14-9)21(18,19)15-5-3-4-10(8-15)6-13-20(2,16)17/h7,10,13H,3-6,8H2,1-2H3,(H,12,14). The van der Waals surface area contributed by atoms with Crippen molar-refractivity contribution in [1.29, 1.82) is 0 Å². The van der Waals surface area contributed by atoms with Gasteiger partial charge in [0, 0.05) is 19.6 Å². The Hall–Kier alpha value is -0.970. The Morgan fingerprint density at radius 2 is 2.14 bits per heavy atom. The molecular weight excluding hydrogens is 316 g/mol. The first-order chi connectivity index (χ1) is 9.68. The molecule has 1 unspecified atom stereocenters. The Morgan fingerprint density at radius 1 is 1.43 bits per heavy atom. The number of rotatable bonds is 5. The van der Waals surface area contributed by atoms with Crippen molar-refractivity contribution in [2.75, 3.05) is 25.9 Å². The van der Waals surface area contributed by atoms with Gasteiger partial charge in [-0.3, -0.25) is 0 Å². The Balaban J connectivity index is 2.07. The third kappa shape index (κ3) is 4.25. The molecule has 0 saturated carbocycles. The van der Waals surface area contributed by atoms with Gasteiger partial charge in [0.25, 0.3) is 10.0 Å². The van der Waals surface area contributed by atoms with Gasteiger partial charge in [-0.15, -0.1) is 0 Å². The monoisotopic (exact) mass is 336 g/mol. The summed E-state index contributed by atoms with van der Waals surface area (Å²) in [7, 11) is -6.85. The van der Waals surface area contributed by atoms with Crippen LogP contribution in [0.1, 0.15) is 18.7 Å².